The molecule has 5 heteroatoms. The summed E-state index contributed by atoms with van der Waals surface area (Å²) in [7, 11) is 1.78. The van der Waals surface area contributed by atoms with Gasteiger partial charge in [-0.2, -0.15) is 0 Å². The maximum absolute atomic E-state index is 10.8. The average Bonchev–Trinajstić information content (AvgIpc) is 2.47. The van der Waals surface area contributed by atoms with Gasteiger partial charge in [0.15, 0.2) is 0 Å². The zero-order chi connectivity index (χ0) is 9.84. The lowest BCUT2D eigenvalue weighted by molar-refractivity contribution is 0.235. The molecule has 0 aliphatic rings. The SMILES string of the molecule is CN(CCc1cc(Br)cs1)C(=O)Br. The van der Waals surface area contributed by atoms with E-state index in [1.165, 1.54) is 4.88 Å². The Morgan fingerprint density at radius 3 is 2.85 bits per heavy atom. The summed E-state index contributed by atoms with van der Waals surface area (Å²) >= 11 is 7.99. The summed E-state index contributed by atoms with van der Waals surface area (Å²) in [5.74, 6) is 0. The summed E-state index contributed by atoms with van der Waals surface area (Å²) in [4.78, 5) is 13.7. The second-order valence-electron chi connectivity index (χ2n) is 2.66. The highest BCUT2D eigenvalue weighted by atomic mass is 79.9. The van der Waals surface area contributed by atoms with Crippen LogP contribution in [0.2, 0.25) is 0 Å². The van der Waals surface area contributed by atoms with E-state index in [1.807, 2.05) is 5.38 Å². The van der Waals surface area contributed by atoms with Crippen molar-refractivity contribution in [2.45, 2.75) is 6.42 Å². The lowest BCUT2D eigenvalue weighted by Gasteiger charge is -2.11. The number of hydrogen-bond acceptors (Lipinski definition) is 2. The van der Waals surface area contributed by atoms with E-state index in [0.29, 0.717) is 0 Å². The van der Waals surface area contributed by atoms with Gasteiger partial charge in [0.05, 0.1) is 0 Å². The van der Waals surface area contributed by atoms with Crippen LogP contribution in [0.5, 0.6) is 0 Å². The van der Waals surface area contributed by atoms with Crippen molar-refractivity contribution in [2.24, 2.45) is 0 Å². The highest BCUT2D eigenvalue weighted by Gasteiger charge is 2.04. The van der Waals surface area contributed by atoms with Crippen LogP contribution in [0.25, 0.3) is 0 Å². The number of thiophene rings is 1. The first-order valence-corrected chi connectivity index (χ1v) is 6.19. The van der Waals surface area contributed by atoms with Crippen molar-refractivity contribution in [3.63, 3.8) is 0 Å². The predicted octanol–water partition coefficient (Wildman–Crippen LogP) is 3.50. The van der Waals surface area contributed by atoms with Crippen molar-refractivity contribution in [1.29, 1.82) is 0 Å². The molecule has 0 fully saturated rings. The Labute approximate surface area is 98.2 Å². The maximum Gasteiger partial charge on any atom is 0.289 e. The lowest BCUT2D eigenvalue weighted by atomic mass is 10.3. The monoisotopic (exact) mass is 325 g/mol. The molecule has 0 aliphatic heterocycles. The highest BCUT2D eigenvalue weighted by Crippen LogP contribution is 2.20. The minimum Gasteiger partial charge on any atom is -0.336 e. The van der Waals surface area contributed by atoms with Crippen LogP contribution in [0, 0.1) is 0 Å². The molecule has 0 atom stereocenters. The molecule has 0 saturated carbocycles. The first kappa shape index (κ1) is 11.2. The minimum absolute atomic E-state index is 0.0666. The molecule has 0 aliphatic carbocycles. The van der Waals surface area contributed by atoms with E-state index in [1.54, 1.807) is 23.3 Å². The average molecular weight is 327 g/mol. The van der Waals surface area contributed by atoms with E-state index in [-0.39, 0.29) is 4.82 Å². The van der Waals surface area contributed by atoms with Gasteiger partial charge in [-0.25, -0.2) is 0 Å². The molecule has 0 saturated heterocycles. The molecule has 1 amide bonds. The Bertz CT molecular complexity index is 300. The fourth-order valence-electron chi connectivity index (χ4n) is 0.851. The molecular formula is C8H9Br2NOS. The Hall–Kier alpha value is 0.130. The largest absolute Gasteiger partial charge is 0.336 e. The third-order valence-electron chi connectivity index (χ3n) is 1.62. The van der Waals surface area contributed by atoms with E-state index >= 15 is 0 Å². The molecule has 1 heterocycles. The maximum atomic E-state index is 10.8. The first-order valence-electron chi connectivity index (χ1n) is 3.73. The topological polar surface area (TPSA) is 20.3 Å². The van der Waals surface area contributed by atoms with Crippen molar-refractivity contribution in [3.05, 3.63) is 20.8 Å². The highest BCUT2D eigenvalue weighted by molar-refractivity contribution is 9.18. The van der Waals surface area contributed by atoms with Crippen molar-refractivity contribution >= 4 is 48.0 Å². The number of carbonyl (C=O) groups is 1. The molecule has 0 N–H and O–H groups in total. The molecule has 2 nitrogen and oxygen atoms in total. The summed E-state index contributed by atoms with van der Waals surface area (Å²) in [6, 6.07) is 2.08. The van der Waals surface area contributed by atoms with E-state index in [0.717, 1.165) is 17.4 Å². The molecule has 0 radical (unpaired) electrons. The lowest BCUT2D eigenvalue weighted by Crippen LogP contribution is -2.22. The van der Waals surface area contributed by atoms with Crippen molar-refractivity contribution in [1.82, 2.24) is 4.90 Å². The molecular weight excluding hydrogens is 318 g/mol. The molecule has 72 valence electrons. The molecule has 13 heavy (non-hydrogen) atoms. The summed E-state index contributed by atoms with van der Waals surface area (Å²) in [5.41, 5.74) is 0. The van der Waals surface area contributed by atoms with Crippen LogP contribution in [0.3, 0.4) is 0 Å². The van der Waals surface area contributed by atoms with Gasteiger partial charge in [0.2, 0.25) is 0 Å². The Kier molecular flexibility index (Phi) is 4.41. The predicted molar refractivity (Wildman–Crippen MR) is 62.7 cm³/mol. The quantitative estimate of drug-likeness (QED) is 0.615. The molecule has 1 rings (SSSR count). The number of hydrogen-bond donors (Lipinski definition) is 0. The number of carbonyl (C=O) groups excluding carboxylic acids is 1. The number of amides is 1. The Balaban J connectivity index is 2.39. The van der Waals surface area contributed by atoms with Crippen molar-refractivity contribution in [3.8, 4) is 0 Å². The molecule has 0 bridgehead atoms. The van der Waals surface area contributed by atoms with Gasteiger partial charge in [0.1, 0.15) is 0 Å². The third kappa shape index (κ3) is 3.79. The van der Waals surface area contributed by atoms with Gasteiger partial charge < -0.3 is 4.90 Å². The summed E-state index contributed by atoms with van der Waals surface area (Å²) in [5, 5.41) is 2.05. The molecule has 0 spiro atoms. The van der Waals surface area contributed by atoms with Crippen molar-refractivity contribution < 1.29 is 4.79 Å². The standard InChI is InChI=1S/C8H9Br2NOS/c1-11(8(10)12)3-2-7-4-6(9)5-13-7/h4-5H,2-3H2,1H3. The smallest absolute Gasteiger partial charge is 0.289 e. The zero-order valence-electron chi connectivity index (χ0n) is 7.09. The van der Waals surface area contributed by atoms with Crippen LogP contribution < -0.4 is 0 Å². The van der Waals surface area contributed by atoms with E-state index in [4.69, 9.17) is 0 Å². The van der Waals surface area contributed by atoms with Crippen LogP contribution in [0.15, 0.2) is 15.9 Å². The van der Waals surface area contributed by atoms with Gasteiger partial charge >= 0.3 is 0 Å². The van der Waals surface area contributed by atoms with Crippen LogP contribution in [-0.4, -0.2) is 23.3 Å². The Morgan fingerprint density at radius 2 is 2.38 bits per heavy atom. The van der Waals surface area contributed by atoms with E-state index < -0.39 is 0 Å². The molecule has 0 aromatic carbocycles. The van der Waals surface area contributed by atoms with Gasteiger partial charge in [-0.05, 0) is 28.4 Å². The second kappa shape index (κ2) is 5.12. The summed E-state index contributed by atoms with van der Waals surface area (Å²) in [6.07, 6.45) is 0.907. The summed E-state index contributed by atoms with van der Waals surface area (Å²) in [6.45, 7) is 0.747. The third-order valence-corrected chi connectivity index (χ3v) is 3.98. The van der Waals surface area contributed by atoms with E-state index in [9.17, 15) is 4.79 Å². The van der Waals surface area contributed by atoms with E-state index in [2.05, 4.69) is 37.9 Å². The van der Waals surface area contributed by atoms with Crippen LogP contribution in [0.4, 0.5) is 4.79 Å². The van der Waals surface area contributed by atoms with Crippen molar-refractivity contribution in [2.75, 3.05) is 13.6 Å². The minimum atomic E-state index is -0.0666. The van der Waals surface area contributed by atoms with Gasteiger partial charge in [0.25, 0.3) is 4.82 Å². The van der Waals surface area contributed by atoms with Crippen LogP contribution >= 0.6 is 43.2 Å². The normalized spacial score (nSPS) is 10.1. The number of halogens is 2. The number of nitrogens with zero attached hydrogens (tertiary/aromatic N) is 1. The number of rotatable bonds is 3. The summed E-state index contributed by atoms with van der Waals surface area (Å²) < 4.78 is 1.11. The van der Waals surface area contributed by atoms with Crippen LogP contribution in [0.1, 0.15) is 4.88 Å². The molecule has 0 unspecified atom stereocenters. The van der Waals surface area contributed by atoms with Gasteiger partial charge in [-0.15, -0.1) is 11.3 Å². The second-order valence-corrected chi connectivity index (χ2v) is 5.25. The fourth-order valence-corrected chi connectivity index (χ4v) is 2.47. The van der Waals surface area contributed by atoms with Gasteiger partial charge in [-0.1, -0.05) is 0 Å². The first-order chi connectivity index (χ1) is 6.09. The molecule has 1 aromatic heterocycles. The fraction of sp³-hybridized carbons (Fsp3) is 0.375. The van der Waals surface area contributed by atoms with Crippen LogP contribution in [-0.2, 0) is 6.42 Å². The number of likely N-dealkylation sites (N-methyl/N-ethyl adjacent to an activating group) is 1. The van der Waals surface area contributed by atoms with Gasteiger partial charge in [-0.3, -0.25) is 4.79 Å². The zero-order valence-corrected chi connectivity index (χ0v) is 11.1. The van der Waals surface area contributed by atoms with Gasteiger partial charge in [0, 0.05) is 44.3 Å². The Morgan fingerprint density at radius 1 is 1.69 bits per heavy atom. The molecule has 1 aromatic rings.